The number of anilines is 1. The molecule has 20 heavy (non-hydrogen) atoms. The van der Waals surface area contributed by atoms with E-state index in [2.05, 4.69) is 0 Å². The van der Waals surface area contributed by atoms with E-state index < -0.39 is 17.9 Å². The van der Waals surface area contributed by atoms with Gasteiger partial charge in [-0.2, -0.15) is 13.2 Å². The molecule has 0 aromatic heterocycles. The average molecular weight is 306 g/mol. The number of thiocarbonyl (C=S) groups is 1. The van der Waals surface area contributed by atoms with E-state index in [1.807, 2.05) is 0 Å². The van der Waals surface area contributed by atoms with Crippen LogP contribution in [0.25, 0.3) is 0 Å². The zero-order chi connectivity index (χ0) is 14.9. The first-order valence-electron chi connectivity index (χ1n) is 6.20. The van der Waals surface area contributed by atoms with Crippen LogP contribution in [0.5, 0.6) is 0 Å². The summed E-state index contributed by atoms with van der Waals surface area (Å²) < 4.78 is 51.1. The topological polar surface area (TPSA) is 29.3 Å². The number of halogens is 4. The van der Waals surface area contributed by atoms with Crippen LogP contribution in [-0.4, -0.2) is 24.3 Å². The van der Waals surface area contributed by atoms with E-state index in [9.17, 15) is 17.6 Å². The number of rotatable bonds is 2. The smallest absolute Gasteiger partial charge is 0.389 e. The van der Waals surface area contributed by atoms with Gasteiger partial charge in [0.25, 0.3) is 0 Å². The average Bonchev–Trinajstić information content (AvgIpc) is 2.37. The van der Waals surface area contributed by atoms with Crippen LogP contribution in [0.15, 0.2) is 18.2 Å². The number of hydrogen-bond acceptors (Lipinski definition) is 2. The van der Waals surface area contributed by atoms with Gasteiger partial charge in [-0.15, -0.1) is 0 Å². The predicted molar refractivity (Wildman–Crippen MR) is 73.3 cm³/mol. The molecule has 0 spiro atoms. The first kappa shape index (κ1) is 15.0. The van der Waals surface area contributed by atoms with E-state index in [0.717, 1.165) is 0 Å². The van der Waals surface area contributed by atoms with E-state index >= 15 is 0 Å². The van der Waals surface area contributed by atoms with Gasteiger partial charge in [0.2, 0.25) is 0 Å². The lowest BCUT2D eigenvalue weighted by atomic mass is 9.95. The minimum absolute atomic E-state index is 0.0254. The number of piperidine rings is 1. The zero-order valence-corrected chi connectivity index (χ0v) is 11.4. The van der Waals surface area contributed by atoms with Crippen LogP contribution in [0.4, 0.5) is 23.2 Å². The molecule has 110 valence electrons. The van der Waals surface area contributed by atoms with Gasteiger partial charge in [-0.05, 0) is 31.0 Å². The molecule has 1 aromatic carbocycles. The van der Waals surface area contributed by atoms with Crippen molar-refractivity contribution in [1.29, 1.82) is 0 Å². The van der Waals surface area contributed by atoms with Crippen molar-refractivity contribution in [2.45, 2.75) is 19.0 Å². The molecular formula is C13H14F4N2S. The van der Waals surface area contributed by atoms with Gasteiger partial charge in [-0.3, -0.25) is 0 Å². The third-order valence-corrected chi connectivity index (χ3v) is 3.74. The Morgan fingerprint density at radius 1 is 1.25 bits per heavy atom. The second-order valence-corrected chi connectivity index (χ2v) is 5.27. The van der Waals surface area contributed by atoms with Crippen LogP contribution in [0.2, 0.25) is 0 Å². The van der Waals surface area contributed by atoms with Crippen LogP contribution in [0, 0.1) is 11.7 Å². The summed E-state index contributed by atoms with van der Waals surface area (Å²) in [5, 5.41) is 0. The van der Waals surface area contributed by atoms with Crippen molar-refractivity contribution in [3.05, 3.63) is 29.6 Å². The molecule has 1 heterocycles. The minimum atomic E-state index is -4.15. The summed E-state index contributed by atoms with van der Waals surface area (Å²) in [5.41, 5.74) is 6.51. The molecule has 0 saturated carbocycles. The van der Waals surface area contributed by atoms with Gasteiger partial charge >= 0.3 is 6.18 Å². The Labute approximate surface area is 119 Å². The fourth-order valence-corrected chi connectivity index (χ4v) is 2.59. The Bertz CT molecular complexity index is 508. The normalized spacial score (nSPS) is 17.3. The maximum Gasteiger partial charge on any atom is 0.391 e. The SMILES string of the molecule is NC(=S)c1cc(F)ccc1N1CCC(C(F)(F)F)CC1. The standard InChI is InChI=1S/C13H14F4N2S/c14-9-1-2-11(10(7-9)12(18)20)19-5-3-8(4-6-19)13(15,16)17/h1-2,7-8H,3-6H2,(H2,18,20). The van der Waals surface area contributed by atoms with Crippen LogP contribution < -0.4 is 10.6 Å². The third-order valence-electron chi connectivity index (χ3n) is 3.52. The highest BCUT2D eigenvalue weighted by Crippen LogP contribution is 2.36. The molecule has 0 unspecified atom stereocenters. The van der Waals surface area contributed by atoms with Gasteiger partial charge in [-0.1, -0.05) is 12.2 Å². The molecule has 0 amide bonds. The molecule has 0 radical (unpaired) electrons. The molecule has 0 aliphatic carbocycles. The van der Waals surface area contributed by atoms with Crippen molar-refractivity contribution in [1.82, 2.24) is 0 Å². The zero-order valence-electron chi connectivity index (χ0n) is 10.6. The Balaban J connectivity index is 2.17. The molecule has 1 fully saturated rings. The minimum Gasteiger partial charge on any atom is -0.389 e. The molecule has 1 saturated heterocycles. The second kappa shape index (κ2) is 5.55. The first-order chi connectivity index (χ1) is 9.29. The lowest BCUT2D eigenvalue weighted by molar-refractivity contribution is -0.179. The number of alkyl halides is 3. The number of nitrogens with two attached hydrogens (primary N) is 1. The predicted octanol–water partition coefficient (Wildman–Crippen LogP) is 3.24. The Morgan fingerprint density at radius 2 is 1.85 bits per heavy atom. The van der Waals surface area contributed by atoms with E-state index in [-0.39, 0.29) is 30.9 Å². The molecule has 2 rings (SSSR count). The van der Waals surface area contributed by atoms with Crippen molar-refractivity contribution < 1.29 is 17.6 Å². The number of benzene rings is 1. The lowest BCUT2D eigenvalue weighted by Gasteiger charge is -2.35. The number of hydrogen-bond donors (Lipinski definition) is 1. The molecule has 0 atom stereocenters. The van der Waals surface area contributed by atoms with Crippen LogP contribution in [-0.2, 0) is 0 Å². The summed E-state index contributed by atoms with van der Waals surface area (Å²) in [7, 11) is 0. The van der Waals surface area contributed by atoms with Crippen LogP contribution in [0.1, 0.15) is 18.4 Å². The Kier molecular flexibility index (Phi) is 4.17. The maximum absolute atomic E-state index is 13.2. The molecule has 2 N–H and O–H groups in total. The van der Waals surface area contributed by atoms with E-state index in [1.54, 1.807) is 4.90 Å². The Hall–Kier alpha value is -1.37. The molecule has 7 heteroatoms. The highest BCUT2D eigenvalue weighted by Gasteiger charge is 2.41. The fourth-order valence-electron chi connectivity index (χ4n) is 2.43. The molecule has 1 aromatic rings. The van der Waals surface area contributed by atoms with Gasteiger partial charge < -0.3 is 10.6 Å². The Morgan fingerprint density at radius 3 is 2.35 bits per heavy atom. The van der Waals surface area contributed by atoms with Gasteiger partial charge in [0.1, 0.15) is 10.8 Å². The molecule has 2 nitrogen and oxygen atoms in total. The van der Waals surface area contributed by atoms with Crippen molar-refractivity contribution >= 4 is 22.9 Å². The summed E-state index contributed by atoms with van der Waals surface area (Å²) in [4.78, 5) is 1.81. The summed E-state index contributed by atoms with van der Waals surface area (Å²) in [6.07, 6.45) is -4.10. The second-order valence-electron chi connectivity index (χ2n) is 4.83. The van der Waals surface area contributed by atoms with Crippen molar-refractivity contribution in [2.75, 3.05) is 18.0 Å². The molecule has 0 bridgehead atoms. The first-order valence-corrected chi connectivity index (χ1v) is 6.61. The van der Waals surface area contributed by atoms with Crippen LogP contribution >= 0.6 is 12.2 Å². The third kappa shape index (κ3) is 3.20. The monoisotopic (exact) mass is 306 g/mol. The quantitative estimate of drug-likeness (QED) is 0.672. The van der Waals surface area contributed by atoms with Crippen LogP contribution in [0.3, 0.4) is 0 Å². The molecular weight excluding hydrogens is 292 g/mol. The van der Waals surface area contributed by atoms with Gasteiger partial charge in [0, 0.05) is 24.3 Å². The van der Waals surface area contributed by atoms with Crippen molar-refractivity contribution in [3.63, 3.8) is 0 Å². The lowest BCUT2D eigenvalue weighted by Crippen LogP contribution is -2.39. The molecule has 1 aliphatic rings. The maximum atomic E-state index is 13.2. The summed E-state index contributed by atoms with van der Waals surface area (Å²) in [5.74, 6) is -1.74. The summed E-state index contributed by atoms with van der Waals surface area (Å²) in [6, 6.07) is 3.98. The van der Waals surface area contributed by atoms with Crippen molar-refractivity contribution in [2.24, 2.45) is 11.7 Å². The highest BCUT2D eigenvalue weighted by molar-refractivity contribution is 7.80. The highest BCUT2D eigenvalue weighted by atomic mass is 32.1. The summed E-state index contributed by atoms with van der Waals surface area (Å²) >= 11 is 4.87. The summed E-state index contributed by atoms with van der Waals surface area (Å²) in [6.45, 7) is 0.511. The van der Waals surface area contributed by atoms with E-state index in [1.165, 1.54) is 18.2 Å². The van der Waals surface area contributed by atoms with E-state index in [4.69, 9.17) is 18.0 Å². The molecule has 1 aliphatic heterocycles. The van der Waals surface area contributed by atoms with Gasteiger partial charge in [0.05, 0.1) is 5.92 Å². The van der Waals surface area contributed by atoms with Gasteiger partial charge in [-0.25, -0.2) is 4.39 Å². The number of nitrogens with zero attached hydrogens (tertiary/aromatic N) is 1. The van der Waals surface area contributed by atoms with E-state index in [0.29, 0.717) is 11.3 Å². The van der Waals surface area contributed by atoms with Crippen molar-refractivity contribution in [3.8, 4) is 0 Å². The fraction of sp³-hybridized carbons (Fsp3) is 0.462. The largest absolute Gasteiger partial charge is 0.391 e. The van der Waals surface area contributed by atoms with Gasteiger partial charge in [0.15, 0.2) is 0 Å².